The fourth-order valence-electron chi connectivity index (χ4n) is 3.35. The third-order valence-corrected chi connectivity index (χ3v) is 5.13. The first-order valence-corrected chi connectivity index (χ1v) is 9.64. The number of rotatable bonds is 6. The molecule has 1 aliphatic heterocycles. The summed E-state index contributed by atoms with van der Waals surface area (Å²) in [6.07, 6.45) is -0.644. The van der Waals surface area contributed by atoms with Gasteiger partial charge in [0.05, 0.1) is 23.5 Å². The summed E-state index contributed by atoms with van der Waals surface area (Å²) in [5, 5.41) is 2.90. The Bertz CT molecular complexity index is 1070. The van der Waals surface area contributed by atoms with Crippen molar-refractivity contribution in [2.45, 2.75) is 19.1 Å². The summed E-state index contributed by atoms with van der Waals surface area (Å²) in [7, 11) is 3.28. The van der Waals surface area contributed by atoms with E-state index in [-0.39, 0.29) is 18.1 Å². The maximum absolute atomic E-state index is 14.4. The van der Waals surface area contributed by atoms with Crippen molar-refractivity contribution in [2.24, 2.45) is 0 Å². The number of nitrogens with one attached hydrogen (secondary N) is 1. The zero-order chi connectivity index (χ0) is 23.6. The average molecular weight is 449 g/mol. The molecule has 0 fully saturated rings. The SMILES string of the molecule is C=CN(C)c1ccc(Nc2ncc3c(n2)N(C)C(C(=C)/C(=C\C)C(F)(F)F)CO3)cc1F. The Morgan fingerprint density at radius 2 is 2.09 bits per heavy atom. The normalized spacial score (nSPS) is 16.2. The number of benzene rings is 1. The summed E-state index contributed by atoms with van der Waals surface area (Å²) < 4.78 is 59.9. The van der Waals surface area contributed by atoms with Gasteiger partial charge < -0.3 is 19.9 Å². The molecule has 1 unspecified atom stereocenters. The predicted molar refractivity (Wildman–Crippen MR) is 117 cm³/mol. The van der Waals surface area contributed by atoms with Crippen LogP contribution in [-0.4, -0.2) is 42.9 Å². The monoisotopic (exact) mass is 449 g/mol. The van der Waals surface area contributed by atoms with Gasteiger partial charge in [-0.3, -0.25) is 0 Å². The van der Waals surface area contributed by atoms with Gasteiger partial charge in [-0.05, 0) is 36.9 Å². The maximum Gasteiger partial charge on any atom is 0.416 e. The summed E-state index contributed by atoms with van der Waals surface area (Å²) >= 11 is 0. The molecular formula is C22H23F4N5O. The highest BCUT2D eigenvalue weighted by molar-refractivity contribution is 5.64. The lowest BCUT2D eigenvalue weighted by molar-refractivity contribution is -0.0899. The highest BCUT2D eigenvalue weighted by atomic mass is 19.4. The molecule has 0 bridgehead atoms. The Kier molecular flexibility index (Phi) is 6.42. The summed E-state index contributed by atoms with van der Waals surface area (Å²) in [5.74, 6) is 0.279. The molecule has 2 heterocycles. The number of likely N-dealkylation sites (N-methyl/N-ethyl adjacent to an activating group) is 1. The Morgan fingerprint density at radius 1 is 1.38 bits per heavy atom. The number of ether oxygens (including phenoxy) is 1. The molecule has 1 aliphatic rings. The van der Waals surface area contributed by atoms with Crippen LogP contribution in [0.15, 0.2) is 61.0 Å². The van der Waals surface area contributed by atoms with E-state index in [0.717, 1.165) is 6.08 Å². The number of allylic oxidation sites excluding steroid dienone is 1. The molecule has 0 amide bonds. The van der Waals surface area contributed by atoms with Gasteiger partial charge in [-0.15, -0.1) is 0 Å². The number of hydrogen-bond acceptors (Lipinski definition) is 6. The molecule has 3 rings (SSSR count). The molecule has 10 heteroatoms. The summed E-state index contributed by atoms with van der Waals surface area (Å²) in [4.78, 5) is 11.6. The lowest BCUT2D eigenvalue weighted by atomic mass is 9.98. The van der Waals surface area contributed by atoms with Crippen LogP contribution in [0.4, 0.5) is 40.7 Å². The van der Waals surface area contributed by atoms with E-state index in [2.05, 4.69) is 28.4 Å². The highest BCUT2D eigenvalue weighted by Gasteiger charge is 2.40. The lowest BCUT2D eigenvalue weighted by Gasteiger charge is -2.36. The zero-order valence-electron chi connectivity index (χ0n) is 17.9. The molecule has 6 nitrogen and oxygen atoms in total. The first kappa shape index (κ1) is 23.1. The van der Waals surface area contributed by atoms with E-state index in [1.54, 1.807) is 31.1 Å². The largest absolute Gasteiger partial charge is 0.486 e. The Morgan fingerprint density at radius 3 is 2.69 bits per heavy atom. The van der Waals surface area contributed by atoms with Crippen LogP contribution in [0.3, 0.4) is 0 Å². The smallest absolute Gasteiger partial charge is 0.416 e. The first-order chi connectivity index (χ1) is 15.1. The minimum Gasteiger partial charge on any atom is -0.486 e. The summed E-state index contributed by atoms with van der Waals surface area (Å²) in [6.45, 7) is 8.53. The molecule has 0 spiro atoms. The van der Waals surface area contributed by atoms with Gasteiger partial charge in [-0.1, -0.05) is 19.2 Å². The molecule has 0 radical (unpaired) electrons. The average Bonchev–Trinajstić information content (AvgIpc) is 2.73. The Balaban J connectivity index is 1.85. The van der Waals surface area contributed by atoms with Gasteiger partial charge in [-0.25, -0.2) is 9.37 Å². The number of anilines is 4. The van der Waals surface area contributed by atoms with Gasteiger partial charge in [0.1, 0.15) is 12.4 Å². The Labute approximate surface area is 183 Å². The van der Waals surface area contributed by atoms with Gasteiger partial charge in [0.2, 0.25) is 5.95 Å². The van der Waals surface area contributed by atoms with Crippen molar-refractivity contribution in [2.75, 3.05) is 35.8 Å². The van der Waals surface area contributed by atoms with Crippen molar-refractivity contribution in [1.29, 1.82) is 0 Å². The lowest BCUT2D eigenvalue weighted by Crippen LogP contribution is -2.43. The second kappa shape index (κ2) is 8.89. The summed E-state index contributed by atoms with van der Waals surface area (Å²) in [5.41, 5.74) is -0.188. The summed E-state index contributed by atoms with van der Waals surface area (Å²) in [6, 6.07) is 3.73. The maximum atomic E-state index is 14.4. The van der Waals surface area contributed by atoms with Crippen molar-refractivity contribution < 1.29 is 22.3 Å². The number of halogens is 4. The van der Waals surface area contributed by atoms with Crippen LogP contribution in [0.25, 0.3) is 0 Å². The highest BCUT2D eigenvalue weighted by Crippen LogP contribution is 2.38. The van der Waals surface area contributed by atoms with Crippen LogP contribution in [0.1, 0.15) is 6.92 Å². The van der Waals surface area contributed by atoms with Crippen LogP contribution < -0.4 is 19.9 Å². The van der Waals surface area contributed by atoms with Crippen molar-refractivity contribution >= 4 is 23.1 Å². The number of aromatic nitrogens is 2. The van der Waals surface area contributed by atoms with Crippen LogP contribution in [0, 0.1) is 5.82 Å². The zero-order valence-corrected chi connectivity index (χ0v) is 17.9. The van der Waals surface area contributed by atoms with E-state index in [9.17, 15) is 17.6 Å². The van der Waals surface area contributed by atoms with Crippen molar-refractivity contribution in [3.63, 3.8) is 0 Å². The second-order valence-electron chi connectivity index (χ2n) is 7.13. The topological polar surface area (TPSA) is 53.5 Å². The number of fused-ring (bicyclic) bond motifs is 1. The molecule has 0 saturated heterocycles. The third kappa shape index (κ3) is 4.53. The third-order valence-electron chi connectivity index (χ3n) is 5.13. The molecule has 1 aromatic heterocycles. The van der Waals surface area contributed by atoms with E-state index in [1.165, 1.54) is 30.3 Å². The van der Waals surface area contributed by atoms with Gasteiger partial charge in [0, 0.05) is 19.8 Å². The van der Waals surface area contributed by atoms with Crippen LogP contribution in [0.5, 0.6) is 5.75 Å². The van der Waals surface area contributed by atoms with Gasteiger partial charge in [0.15, 0.2) is 11.6 Å². The van der Waals surface area contributed by atoms with E-state index < -0.39 is 23.6 Å². The molecule has 0 aliphatic carbocycles. The number of nitrogens with zero attached hydrogens (tertiary/aromatic N) is 4. The second-order valence-corrected chi connectivity index (χ2v) is 7.13. The van der Waals surface area contributed by atoms with Crippen LogP contribution in [0.2, 0.25) is 0 Å². The number of hydrogen-bond donors (Lipinski definition) is 1. The van der Waals surface area contributed by atoms with Crippen molar-refractivity contribution in [3.8, 4) is 5.75 Å². The first-order valence-electron chi connectivity index (χ1n) is 9.64. The quantitative estimate of drug-likeness (QED) is 0.483. The Hall–Kier alpha value is -3.56. The molecule has 1 atom stereocenters. The van der Waals surface area contributed by atoms with E-state index in [0.29, 0.717) is 22.9 Å². The van der Waals surface area contributed by atoms with E-state index in [1.807, 2.05) is 0 Å². The van der Waals surface area contributed by atoms with Crippen molar-refractivity contribution in [1.82, 2.24) is 9.97 Å². The van der Waals surface area contributed by atoms with Gasteiger partial charge in [0.25, 0.3) is 0 Å². The standard InChI is InChI=1S/C22H23F4N5O/c1-6-15(22(24,25)26)13(3)18-12-32-19-11-27-21(29-20(19)31(18)5)28-14-8-9-17(16(23)10-14)30(4)7-2/h6-11,18H,2-3,12H2,1,4-5H3,(H,27,28,29)/b15-6+. The molecule has 1 N–H and O–H groups in total. The molecule has 0 saturated carbocycles. The fraction of sp³-hybridized carbons (Fsp3) is 0.273. The predicted octanol–water partition coefficient (Wildman–Crippen LogP) is 5.20. The van der Waals surface area contributed by atoms with E-state index >= 15 is 0 Å². The molecule has 170 valence electrons. The molecule has 2 aromatic rings. The minimum atomic E-state index is -4.53. The van der Waals surface area contributed by atoms with Crippen molar-refractivity contribution in [3.05, 3.63) is 66.8 Å². The van der Waals surface area contributed by atoms with Crippen LogP contribution >= 0.6 is 0 Å². The fourth-order valence-corrected chi connectivity index (χ4v) is 3.35. The molecular weight excluding hydrogens is 426 g/mol. The van der Waals surface area contributed by atoms with E-state index in [4.69, 9.17) is 4.74 Å². The molecule has 1 aromatic carbocycles. The van der Waals surface area contributed by atoms with Gasteiger partial charge in [-0.2, -0.15) is 18.2 Å². The molecule has 32 heavy (non-hydrogen) atoms. The van der Waals surface area contributed by atoms with Crippen LogP contribution in [-0.2, 0) is 0 Å². The van der Waals surface area contributed by atoms with Gasteiger partial charge >= 0.3 is 6.18 Å². The number of alkyl halides is 3. The minimum absolute atomic E-state index is 0.0324.